The van der Waals surface area contributed by atoms with E-state index in [0.29, 0.717) is 20.7 Å². The minimum atomic E-state index is -0.284. The van der Waals surface area contributed by atoms with Gasteiger partial charge < -0.3 is 4.57 Å². The quantitative estimate of drug-likeness (QED) is 0.724. The topological polar surface area (TPSA) is 76.0 Å². The van der Waals surface area contributed by atoms with E-state index in [4.69, 9.17) is 0 Å². The summed E-state index contributed by atoms with van der Waals surface area (Å²) in [7, 11) is 1.64. The van der Waals surface area contributed by atoms with E-state index in [1.807, 2.05) is 31.2 Å². The van der Waals surface area contributed by atoms with Gasteiger partial charge in [-0.3, -0.25) is 20.4 Å². The molecule has 0 aliphatic heterocycles. The van der Waals surface area contributed by atoms with Crippen LogP contribution in [0.5, 0.6) is 0 Å². The molecule has 0 unspecified atom stereocenters. The van der Waals surface area contributed by atoms with Crippen LogP contribution in [0.15, 0.2) is 35.4 Å². The van der Waals surface area contributed by atoms with Crippen molar-refractivity contribution in [2.45, 2.75) is 13.8 Å². The van der Waals surface area contributed by atoms with Crippen LogP contribution < -0.4 is 16.4 Å². The number of fused-ring (bicyclic) bond motifs is 1. The number of rotatable bonds is 3. The summed E-state index contributed by atoms with van der Waals surface area (Å²) in [5.74, 6) is -0.284. The standard InChI is InChI=1S/C16H16N4O2S/c1-9-4-6-11(7-5-9)18-19-14(21)13-10(2)12-15(23-13)17-8-20(3)16(12)22/h4-8,18H,1-3H3,(H,19,21). The van der Waals surface area contributed by atoms with Crippen LogP contribution in [0, 0.1) is 13.8 Å². The number of benzene rings is 1. The van der Waals surface area contributed by atoms with Crippen LogP contribution in [0.3, 0.4) is 0 Å². The van der Waals surface area contributed by atoms with Gasteiger partial charge >= 0.3 is 0 Å². The summed E-state index contributed by atoms with van der Waals surface area (Å²) in [6, 6.07) is 7.66. The zero-order valence-corrected chi connectivity index (χ0v) is 13.8. The molecule has 0 fully saturated rings. The molecule has 2 aromatic heterocycles. The van der Waals surface area contributed by atoms with Gasteiger partial charge in [0.25, 0.3) is 11.5 Å². The van der Waals surface area contributed by atoms with E-state index in [1.165, 1.54) is 22.2 Å². The van der Waals surface area contributed by atoms with Crippen molar-refractivity contribution in [3.63, 3.8) is 0 Å². The molecule has 23 heavy (non-hydrogen) atoms. The first-order valence-corrected chi connectivity index (χ1v) is 7.87. The molecule has 0 saturated heterocycles. The number of amides is 1. The highest BCUT2D eigenvalue weighted by molar-refractivity contribution is 7.20. The normalized spacial score (nSPS) is 10.7. The van der Waals surface area contributed by atoms with Gasteiger partial charge in [-0.1, -0.05) is 17.7 Å². The third-order valence-corrected chi connectivity index (χ3v) is 4.79. The van der Waals surface area contributed by atoms with Gasteiger partial charge in [0.15, 0.2) is 0 Å². The van der Waals surface area contributed by atoms with Gasteiger partial charge in [0.2, 0.25) is 0 Å². The van der Waals surface area contributed by atoms with Crippen molar-refractivity contribution >= 4 is 33.1 Å². The lowest BCUT2D eigenvalue weighted by molar-refractivity contribution is 0.0966. The fourth-order valence-electron chi connectivity index (χ4n) is 2.25. The number of hydrogen-bond acceptors (Lipinski definition) is 5. The molecule has 0 spiro atoms. The number of carbonyl (C=O) groups is 1. The van der Waals surface area contributed by atoms with E-state index in [-0.39, 0.29) is 11.5 Å². The molecule has 118 valence electrons. The van der Waals surface area contributed by atoms with Crippen LogP contribution in [-0.4, -0.2) is 15.5 Å². The second kappa shape index (κ2) is 5.85. The summed E-state index contributed by atoms with van der Waals surface area (Å²) in [6.07, 6.45) is 1.47. The van der Waals surface area contributed by atoms with Crippen molar-refractivity contribution in [2.75, 3.05) is 5.43 Å². The second-order valence-electron chi connectivity index (χ2n) is 5.34. The summed E-state index contributed by atoms with van der Waals surface area (Å²) in [4.78, 5) is 29.8. The summed E-state index contributed by atoms with van der Waals surface area (Å²) in [5.41, 5.74) is 7.97. The van der Waals surface area contributed by atoms with Crippen LogP contribution in [0.25, 0.3) is 10.2 Å². The lowest BCUT2D eigenvalue weighted by atomic mass is 10.2. The molecule has 0 atom stereocenters. The van der Waals surface area contributed by atoms with E-state index >= 15 is 0 Å². The van der Waals surface area contributed by atoms with Crippen LogP contribution in [-0.2, 0) is 7.05 Å². The highest BCUT2D eigenvalue weighted by Crippen LogP contribution is 2.26. The van der Waals surface area contributed by atoms with Crippen molar-refractivity contribution in [2.24, 2.45) is 7.05 Å². The molecule has 3 aromatic rings. The smallest absolute Gasteiger partial charge is 0.280 e. The summed E-state index contributed by atoms with van der Waals surface area (Å²) in [6.45, 7) is 3.76. The molecule has 1 amide bonds. The Balaban J connectivity index is 1.86. The lowest BCUT2D eigenvalue weighted by Crippen LogP contribution is -2.29. The SMILES string of the molecule is Cc1ccc(NNC(=O)c2sc3ncn(C)c(=O)c3c2C)cc1. The lowest BCUT2D eigenvalue weighted by Gasteiger charge is -2.08. The Bertz CT molecular complexity index is 941. The van der Waals surface area contributed by atoms with Crippen molar-refractivity contribution in [1.29, 1.82) is 0 Å². The molecule has 0 aliphatic carbocycles. The molecule has 0 saturated carbocycles. The summed E-state index contributed by atoms with van der Waals surface area (Å²) in [5, 5.41) is 0.500. The highest BCUT2D eigenvalue weighted by Gasteiger charge is 2.18. The van der Waals surface area contributed by atoms with Crippen molar-refractivity contribution < 1.29 is 4.79 Å². The van der Waals surface area contributed by atoms with Crippen LogP contribution in [0.2, 0.25) is 0 Å². The Morgan fingerprint density at radius 1 is 1.22 bits per heavy atom. The van der Waals surface area contributed by atoms with Crippen LogP contribution in [0.1, 0.15) is 20.8 Å². The van der Waals surface area contributed by atoms with E-state index in [0.717, 1.165) is 11.3 Å². The first kappa shape index (κ1) is 15.2. The number of nitrogens with zero attached hydrogens (tertiary/aromatic N) is 2. The van der Waals surface area contributed by atoms with E-state index in [2.05, 4.69) is 15.8 Å². The van der Waals surface area contributed by atoms with Crippen molar-refractivity contribution in [3.05, 3.63) is 57.0 Å². The predicted molar refractivity (Wildman–Crippen MR) is 91.9 cm³/mol. The van der Waals surface area contributed by atoms with Crippen LogP contribution >= 0.6 is 11.3 Å². The average molecular weight is 328 g/mol. The highest BCUT2D eigenvalue weighted by atomic mass is 32.1. The molecule has 0 bridgehead atoms. The first-order chi connectivity index (χ1) is 11.0. The third kappa shape index (κ3) is 2.83. The number of hydrogen-bond donors (Lipinski definition) is 2. The molecule has 1 aromatic carbocycles. The second-order valence-corrected chi connectivity index (χ2v) is 6.34. The maximum Gasteiger partial charge on any atom is 0.280 e. The zero-order valence-electron chi connectivity index (χ0n) is 13.0. The Kier molecular flexibility index (Phi) is 3.87. The number of anilines is 1. The van der Waals surface area contributed by atoms with Gasteiger partial charge in [-0.05, 0) is 31.5 Å². The third-order valence-electron chi connectivity index (χ3n) is 3.59. The zero-order chi connectivity index (χ0) is 16.6. The van der Waals surface area contributed by atoms with E-state index in [9.17, 15) is 9.59 Å². The molecule has 2 heterocycles. The van der Waals surface area contributed by atoms with Crippen molar-refractivity contribution in [1.82, 2.24) is 15.0 Å². The van der Waals surface area contributed by atoms with E-state index < -0.39 is 0 Å². The maximum absolute atomic E-state index is 12.4. The molecular weight excluding hydrogens is 312 g/mol. The van der Waals surface area contributed by atoms with Crippen molar-refractivity contribution in [3.8, 4) is 0 Å². The van der Waals surface area contributed by atoms with Gasteiger partial charge in [-0.25, -0.2) is 4.98 Å². The molecule has 6 nitrogen and oxygen atoms in total. The molecule has 7 heteroatoms. The Morgan fingerprint density at radius 3 is 2.61 bits per heavy atom. The number of aryl methyl sites for hydroxylation is 3. The molecular formula is C16H16N4O2S. The summed E-state index contributed by atoms with van der Waals surface area (Å²) >= 11 is 1.22. The molecule has 0 radical (unpaired) electrons. The predicted octanol–water partition coefficient (Wildman–Crippen LogP) is 2.37. The number of nitrogens with one attached hydrogen (secondary N) is 2. The number of carbonyl (C=O) groups excluding carboxylic acids is 1. The fourth-order valence-corrected chi connectivity index (χ4v) is 3.28. The molecule has 2 N–H and O–H groups in total. The van der Waals surface area contributed by atoms with Gasteiger partial charge in [0.1, 0.15) is 4.83 Å². The molecule has 0 aliphatic rings. The average Bonchev–Trinajstić information content (AvgIpc) is 2.88. The van der Waals surface area contributed by atoms with Crippen LogP contribution in [0.4, 0.5) is 5.69 Å². The Morgan fingerprint density at radius 2 is 1.91 bits per heavy atom. The Hall–Kier alpha value is -2.67. The fraction of sp³-hybridized carbons (Fsp3) is 0.188. The monoisotopic (exact) mass is 328 g/mol. The maximum atomic E-state index is 12.4. The number of aromatic nitrogens is 2. The van der Waals surface area contributed by atoms with Gasteiger partial charge in [-0.15, -0.1) is 11.3 Å². The largest absolute Gasteiger partial charge is 0.302 e. The van der Waals surface area contributed by atoms with E-state index in [1.54, 1.807) is 14.0 Å². The number of hydrazine groups is 1. The Labute approximate surface area is 136 Å². The number of thiophene rings is 1. The minimum absolute atomic E-state index is 0.144. The molecule has 3 rings (SSSR count). The first-order valence-electron chi connectivity index (χ1n) is 7.05. The van der Waals surface area contributed by atoms with Gasteiger partial charge in [0.05, 0.1) is 22.3 Å². The van der Waals surface area contributed by atoms with Gasteiger partial charge in [-0.2, -0.15) is 0 Å². The van der Waals surface area contributed by atoms with Gasteiger partial charge in [0, 0.05) is 7.05 Å². The minimum Gasteiger partial charge on any atom is -0.302 e. The summed E-state index contributed by atoms with van der Waals surface area (Å²) < 4.78 is 1.41.